The molecule has 0 unspecified atom stereocenters. The lowest BCUT2D eigenvalue weighted by Crippen LogP contribution is -2.52. The molecule has 0 saturated heterocycles. The smallest absolute Gasteiger partial charge is 0.302 e. The minimum Gasteiger partial charge on any atom is -0.466 e. The van der Waals surface area contributed by atoms with Gasteiger partial charge in [0.15, 0.2) is 0 Å². The molecule has 0 bridgehead atoms. The van der Waals surface area contributed by atoms with Crippen LogP contribution < -0.4 is 0 Å². The number of hydrogen-bond donors (Lipinski definition) is 0. The molecule has 0 aromatic heterocycles. The Balaban J connectivity index is 4.44. The fourth-order valence-electron chi connectivity index (χ4n) is 1.55. The van der Waals surface area contributed by atoms with Crippen molar-refractivity contribution in [1.82, 2.24) is 9.13 Å². The zero-order chi connectivity index (χ0) is 14.3. The van der Waals surface area contributed by atoms with E-state index in [-0.39, 0.29) is 17.8 Å². The van der Waals surface area contributed by atoms with E-state index in [0.717, 1.165) is 0 Å². The van der Waals surface area contributed by atoms with Crippen LogP contribution in [0.4, 0.5) is 0 Å². The van der Waals surface area contributed by atoms with Crippen LogP contribution in [0.5, 0.6) is 0 Å². The third-order valence-corrected chi connectivity index (χ3v) is 6.24. The normalized spacial score (nSPS) is 10.1. The lowest BCUT2D eigenvalue weighted by Gasteiger charge is -2.32. The zero-order valence-corrected chi connectivity index (χ0v) is 12.9. The van der Waals surface area contributed by atoms with Gasteiger partial charge >= 0.3 is 5.97 Å². The van der Waals surface area contributed by atoms with E-state index in [1.54, 1.807) is 23.2 Å². The first-order valence-electron chi connectivity index (χ1n) is 5.87. The van der Waals surface area contributed by atoms with Gasteiger partial charge in [0, 0.05) is 34.9 Å². The highest BCUT2D eigenvalue weighted by atomic mass is 28.3. The summed E-state index contributed by atoms with van der Waals surface area (Å²) in [5.41, 5.74) is 0. The van der Waals surface area contributed by atoms with E-state index < -0.39 is 9.12 Å². The largest absolute Gasteiger partial charge is 0.466 e. The third kappa shape index (κ3) is 5.81. The van der Waals surface area contributed by atoms with Crippen LogP contribution in [0.2, 0.25) is 6.04 Å². The summed E-state index contributed by atoms with van der Waals surface area (Å²) in [6.45, 7) is 4.66. The number of esters is 1. The number of carbonyl (C=O) groups excluding carboxylic acids is 3. The molecule has 0 aliphatic heterocycles. The minimum absolute atomic E-state index is 0.0488. The molecule has 0 aromatic rings. The molecular formula is C11H22N2O4Si. The summed E-state index contributed by atoms with van der Waals surface area (Å²) in [5.74, 6) is -0.410. The Hall–Kier alpha value is -1.37. The molecule has 104 valence electrons. The van der Waals surface area contributed by atoms with Gasteiger partial charge in [0.2, 0.25) is 11.8 Å². The maximum absolute atomic E-state index is 11.4. The Morgan fingerprint density at radius 1 is 1.00 bits per heavy atom. The molecule has 0 radical (unpaired) electrons. The van der Waals surface area contributed by atoms with E-state index in [1.807, 2.05) is 0 Å². The molecule has 0 aliphatic carbocycles. The van der Waals surface area contributed by atoms with Crippen LogP contribution in [0.15, 0.2) is 0 Å². The van der Waals surface area contributed by atoms with Gasteiger partial charge in [0.1, 0.15) is 0 Å². The van der Waals surface area contributed by atoms with Crippen LogP contribution in [0.25, 0.3) is 0 Å². The second kappa shape index (κ2) is 7.86. The second-order valence-corrected chi connectivity index (χ2v) is 7.31. The van der Waals surface area contributed by atoms with Crippen LogP contribution in [0.1, 0.15) is 27.2 Å². The molecule has 18 heavy (non-hydrogen) atoms. The van der Waals surface area contributed by atoms with Gasteiger partial charge in [0.25, 0.3) is 9.12 Å². The van der Waals surface area contributed by atoms with Gasteiger partial charge in [0.05, 0.1) is 6.61 Å². The van der Waals surface area contributed by atoms with Crippen LogP contribution in [-0.4, -0.2) is 56.7 Å². The van der Waals surface area contributed by atoms with E-state index in [9.17, 15) is 14.4 Å². The summed E-state index contributed by atoms with van der Waals surface area (Å²) in [6, 6.07) is 0.708. The molecule has 0 rings (SSSR count). The van der Waals surface area contributed by atoms with Crippen molar-refractivity contribution < 1.29 is 19.1 Å². The summed E-state index contributed by atoms with van der Waals surface area (Å²) in [7, 11) is 1.60. The van der Waals surface area contributed by atoms with Crippen molar-refractivity contribution >= 4 is 26.9 Å². The van der Waals surface area contributed by atoms with Crippen molar-refractivity contribution in [3.05, 3.63) is 0 Å². The molecule has 0 N–H and O–H groups in total. The lowest BCUT2D eigenvalue weighted by molar-refractivity contribution is -0.141. The molecule has 0 heterocycles. The van der Waals surface area contributed by atoms with E-state index in [4.69, 9.17) is 4.74 Å². The lowest BCUT2D eigenvalue weighted by atomic mass is 10.5. The van der Waals surface area contributed by atoms with E-state index in [0.29, 0.717) is 19.1 Å². The Morgan fingerprint density at radius 3 is 1.78 bits per heavy atom. The SMILES string of the molecule is CC(=O)OCCC[SiH](N(C)C(C)=O)N(C)C(C)=O. The number of amides is 2. The average Bonchev–Trinajstić information content (AvgIpc) is 2.26. The minimum atomic E-state index is -1.82. The summed E-state index contributed by atoms with van der Waals surface area (Å²) in [6.07, 6.45) is 0.658. The molecule has 0 fully saturated rings. The molecule has 7 heteroatoms. The monoisotopic (exact) mass is 274 g/mol. The first kappa shape index (κ1) is 16.6. The van der Waals surface area contributed by atoms with Gasteiger partial charge in [-0.25, -0.2) is 0 Å². The third-order valence-electron chi connectivity index (χ3n) is 2.80. The standard InChI is InChI=1S/C11H22N2O4Si/c1-9(14)12(4)18(13(5)10(2)15)8-6-7-17-11(3)16/h18H,6-8H2,1-5H3. The molecule has 0 spiro atoms. The van der Waals surface area contributed by atoms with E-state index in [1.165, 1.54) is 20.8 Å². The van der Waals surface area contributed by atoms with Crippen LogP contribution >= 0.6 is 0 Å². The highest BCUT2D eigenvalue weighted by Crippen LogP contribution is 2.07. The first-order chi connectivity index (χ1) is 8.27. The fourth-order valence-corrected chi connectivity index (χ4v) is 4.21. The maximum atomic E-state index is 11.4. The predicted molar refractivity (Wildman–Crippen MR) is 70.1 cm³/mol. The second-order valence-electron chi connectivity index (χ2n) is 4.22. The molecule has 6 nitrogen and oxygen atoms in total. The van der Waals surface area contributed by atoms with Gasteiger partial charge in [-0.3, -0.25) is 14.4 Å². The Morgan fingerprint density at radius 2 is 1.44 bits per heavy atom. The van der Waals surface area contributed by atoms with Crippen molar-refractivity contribution in [3.63, 3.8) is 0 Å². The average molecular weight is 274 g/mol. The summed E-state index contributed by atoms with van der Waals surface area (Å²) < 4.78 is 8.15. The van der Waals surface area contributed by atoms with Crippen molar-refractivity contribution in [2.24, 2.45) is 0 Å². The number of rotatable bonds is 6. The van der Waals surface area contributed by atoms with Crippen molar-refractivity contribution in [2.45, 2.75) is 33.2 Å². The highest BCUT2D eigenvalue weighted by molar-refractivity contribution is 6.58. The Labute approximate surface area is 110 Å². The van der Waals surface area contributed by atoms with Gasteiger partial charge in [-0.15, -0.1) is 0 Å². The number of ether oxygens (including phenoxy) is 1. The van der Waals surface area contributed by atoms with Gasteiger partial charge in [-0.05, 0) is 12.5 Å². The van der Waals surface area contributed by atoms with Gasteiger partial charge in [-0.1, -0.05) is 0 Å². The predicted octanol–water partition coefficient (Wildman–Crippen LogP) is 0.117. The van der Waals surface area contributed by atoms with Crippen molar-refractivity contribution in [2.75, 3.05) is 20.7 Å². The molecular weight excluding hydrogens is 252 g/mol. The fraction of sp³-hybridized carbons (Fsp3) is 0.727. The summed E-state index contributed by atoms with van der Waals surface area (Å²) in [5, 5.41) is 0. The van der Waals surface area contributed by atoms with Crippen LogP contribution in [-0.2, 0) is 19.1 Å². The van der Waals surface area contributed by atoms with Crippen LogP contribution in [0.3, 0.4) is 0 Å². The highest BCUT2D eigenvalue weighted by Gasteiger charge is 2.25. The number of nitrogens with zero attached hydrogens (tertiary/aromatic N) is 2. The van der Waals surface area contributed by atoms with Crippen LogP contribution in [0, 0.1) is 0 Å². The van der Waals surface area contributed by atoms with E-state index in [2.05, 4.69) is 0 Å². The number of carbonyl (C=O) groups is 3. The molecule has 0 aliphatic rings. The Bertz CT molecular complexity index is 302. The molecule has 0 saturated carbocycles. The Kier molecular flexibility index (Phi) is 7.26. The number of hydrogen-bond acceptors (Lipinski definition) is 4. The molecule has 0 atom stereocenters. The van der Waals surface area contributed by atoms with Crippen molar-refractivity contribution in [1.29, 1.82) is 0 Å². The molecule has 0 aromatic carbocycles. The van der Waals surface area contributed by atoms with Gasteiger partial charge in [-0.2, -0.15) is 0 Å². The summed E-state index contributed by atoms with van der Waals surface area (Å²) >= 11 is 0. The van der Waals surface area contributed by atoms with Gasteiger partial charge < -0.3 is 13.9 Å². The van der Waals surface area contributed by atoms with Crippen molar-refractivity contribution in [3.8, 4) is 0 Å². The van der Waals surface area contributed by atoms with E-state index >= 15 is 0 Å². The maximum Gasteiger partial charge on any atom is 0.302 e. The zero-order valence-electron chi connectivity index (χ0n) is 11.7. The quantitative estimate of drug-likeness (QED) is 0.392. The summed E-state index contributed by atoms with van der Waals surface area (Å²) in [4.78, 5) is 33.4. The topological polar surface area (TPSA) is 66.9 Å². The molecule has 2 amide bonds. The first-order valence-corrected chi connectivity index (χ1v) is 7.72.